The van der Waals surface area contributed by atoms with Crippen molar-refractivity contribution in [1.82, 2.24) is 4.31 Å². The second-order valence-corrected chi connectivity index (χ2v) is 5.92. The van der Waals surface area contributed by atoms with Gasteiger partial charge in [-0.2, -0.15) is 17.5 Å². The van der Waals surface area contributed by atoms with Gasteiger partial charge in [0.2, 0.25) is 10.0 Å². The summed E-state index contributed by atoms with van der Waals surface area (Å²) in [6.45, 7) is 1.17. The van der Waals surface area contributed by atoms with Crippen LogP contribution in [0, 0.1) is 0 Å². The summed E-state index contributed by atoms with van der Waals surface area (Å²) in [7, 11) is -4.11. The lowest BCUT2D eigenvalue weighted by molar-refractivity contribution is -0.138. The van der Waals surface area contributed by atoms with E-state index >= 15 is 0 Å². The largest absolute Gasteiger partial charge is 0.402 e. The van der Waals surface area contributed by atoms with Crippen LogP contribution in [-0.4, -0.2) is 42.2 Å². The molecule has 0 aromatic carbocycles. The van der Waals surface area contributed by atoms with E-state index in [0.717, 1.165) is 0 Å². The zero-order valence-electron chi connectivity index (χ0n) is 8.78. The second kappa shape index (κ2) is 5.28. The number of halogens is 3. The molecule has 9 heteroatoms. The van der Waals surface area contributed by atoms with Gasteiger partial charge in [-0.15, -0.1) is 0 Å². The molecule has 0 aliphatic carbocycles. The first-order valence-corrected chi connectivity index (χ1v) is 6.32. The van der Waals surface area contributed by atoms with Crippen LogP contribution in [0.5, 0.6) is 0 Å². The molecule has 0 bridgehead atoms. The Labute approximate surface area is 97.6 Å². The third-order valence-electron chi connectivity index (χ3n) is 1.59. The SMILES string of the molecule is CC(C)N(CC(F)(F)F)S(=O)(=O)CC(N)=S. The Bertz CT molecular complexity index is 351. The summed E-state index contributed by atoms with van der Waals surface area (Å²) < 4.78 is 59.9. The Kier molecular flexibility index (Phi) is 5.15. The Morgan fingerprint density at radius 3 is 2.12 bits per heavy atom. The van der Waals surface area contributed by atoms with E-state index in [1.165, 1.54) is 13.8 Å². The molecule has 2 N–H and O–H groups in total. The van der Waals surface area contributed by atoms with E-state index in [0.29, 0.717) is 4.31 Å². The molecule has 0 spiro atoms. The van der Waals surface area contributed by atoms with E-state index in [9.17, 15) is 21.6 Å². The minimum absolute atomic E-state index is 0.339. The Morgan fingerprint density at radius 2 is 1.88 bits per heavy atom. The number of sulfonamides is 1. The topological polar surface area (TPSA) is 63.4 Å². The van der Waals surface area contributed by atoms with Gasteiger partial charge in [-0.25, -0.2) is 8.42 Å². The highest BCUT2D eigenvalue weighted by atomic mass is 32.2. The maximum atomic E-state index is 12.2. The Balaban J connectivity index is 5.00. The molecule has 0 aliphatic rings. The van der Waals surface area contributed by atoms with E-state index in [4.69, 9.17) is 5.73 Å². The van der Waals surface area contributed by atoms with E-state index in [-0.39, 0.29) is 4.99 Å². The molecule has 0 fully saturated rings. The summed E-state index contributed by atoms with van der Waals surface area (Å²) in [5.74, 6) is -0.753. The maximum Gasteiger partial charge on any atom is 0.402 e. The van der Waals surface area contributed by atoms with Crippen LogP contribution in [0.4, 0.5) is 13.2 Å². The summed E-state index contributed by atoms with van der Waals surface area (Å²) in [6, 6.07) is -0.805. The van der Waals surface area contributed by atoms with E-state index in [1.807, 2.05) is 0 Å². The van der Waals surface area contributed by atoms with Crippen molar-refractivity contribution < 1.29 is 21.6 Å². The normalized spacial score (nSPS) is 13.4. The highest BCUT2D eigenvalue weighted by Gasteiger charge is 2.37. The maximum absolute atomic E-state index is 12.2. The van der Waals surface area contributed by atoms with Crippen molar-refractivity contribution in [3.63, 3.8) is 0 Å². The van der Waals surface area contributed by atoms with Crippen molar-refractivity contribution in [2.75, 3.05) is 12.3 Å². The van der Waals surface area contributed by atoms with Crippen LogP contribution in [-0.2, 0) is 10.0 Å². The quantitative estimate of drug-likeness (QED) is 0.758. The fraction of sp³-hybridized carbons (Fsp3) is 0.857. The average Bonchev–Trinajstić information content (AvgIpc) is 1.95. The van der Waals surface area contributed by atoms with Gasteiger partial charge in [-0.3, -0.25) is 0 Å². The smallest absolute Gasteiger partial charge is 0.392 e. The van der Waals surface area contributed by atoms with Gasteiger partial charge in [-0.05, 0) is 13.8 Å². The highest BCUT2D eigenvalue weighted by Crippen LogP contribution is 2.20. The van der Waals surface area contributed by atoms with Crippen molar-refractivity contribution in [3.05, 3.63) is 0 Å². The van der Waals surface area contributed by atoms with Gasteiger partial charge >= 0.3 is 6.18 Å². The van der Waals surface area contributed by atoms with Gasteiger partial charge in [0.15, 0.2) is 0 Å². The van der Waals surface area contributed by atoms with E-state index in [2.05, 4.69) is 12.2 Å². The number of alkyl halides is 3. The van der Waals surface area contributed by atoms with Gasteiger partial charge < -0.3 is 5.73 Å². The third-order valence-corrected chi connectivity index (χ3v) is 3.86. The zero-order chi connectivity index (χ0) is 13.1. The fourth-order valence-electron chi connectivity index (χ4n) is 1.04. The molecule has 0 aliphatic heterocycles. The van der Waals surface area contributed by atoms with Crippen LogP contribution in [0.2, 0.25) is 0 Å². The van der Waals surface area contributed by atoms with Gasteiger partial charge in [0.1, 0.15) is 12.3 Å². The molecular formula is C7H13F3N2O2S2. The van der Waals surface area contributed by atoms with Crippen molar-refractivity contribution in [2.45, 2.75) is 26.1 Å². The molecular weight excluding hydrogens is 265 g/mol. The minimum Gasteiger partial charge on any atom is -0.392 e. The first kappa shape index (κ1) is 15.6. The molecule has 0 saturated heterocycles. The second-order valence-electron chi connectivity index (χ2n) is 3.48. The first-order chi connectivity index (χ1) is 6.96. The fourth-order valence-corrected chi connectivity index (χ4v) is 3.00. The van der Waals surface area contributed by atoms with Gasteiger partial charge in [0, 0.05) is 6.04 Å². The molecule has 0 heterocycles. The van der Waals surface area contributed by atoms with Crippen LogP contribution < -0.4 is 5.73 Å². The molecule has 0 radical (unpaired) electrons. The molecule has 0 unspecified atom stereocenters. The number of rotatable bonds is 5. The zero-order valence-corrected chi connectivity index (χ0v) is 10.4. The Hall–Kier alpha value is -0.410. The van der Waals surface area contributed by atoms with Crippen LogP contribution in [0.15, 0.2) is 0 Å². The lowest BCUT2D eigenvalue weighted by Gasteiger charge is -2.26. The van der Waals surface area contributed by atoms with Crippen molar-refractivity contribution >= 4 is 27.2 Å². The molecule has 0 rings (SSSR count). The minimum atomic E-state index is -4.59. The molecule has 0 amide bonds. The van der Waals surface area contributed by atoms with Gasteiger partial charge in [0.05, 0.1) is 4.99 Å². The number of hydrogen-bond donors (Lipinski definition) is 1. The predicted octanol–water partition coefficient (Wildman–Crippen LogP) is 0.875. The van der Waals surface area contributed by atoms with Crippen LogP contribution >= 0.6 is 12.2 Å². The molecule has 16 heavy (non-hydrogen) atoms. The highest BCUT2D eigenvalue weighted by molar-refractivity contribution is 7.92. The van der Waals surface area contributed by atoms with E-state index in [1.54, 1.807) is 0 Å². The molecule has 96 valence electrons. The summed E-state index contributed by atoms with van der Waals surface area (Å²) in [6.07, 6.45) is -4.59. The Morgan fingerprint density at radius 1 is 1.44 bits per heavy atom. The van der Waals surface area contributed by atoms with Gasteiger partial charge in [-0.1, -0.05) is 12.2 Å². The van der Waals surface area contributed by atoms with Crippen molar-refractivity contribution in [1.29, 1.82) is 0 Å². The predicted molar refractivity (Wildman–Crippen MR) is 58.5 cm³/mol. The third kappa shape index (κ3) is 5.61. The molecule has 0 aromatic heterocycles. The summed E-state index contributed by atoms with van der Waals surface area (Å²) >= 11 is 4.38. The average molecular weight is 278 g/mol. The molecule has 0 atom stereocenters. The lowest BCUT2D eigenvalue weighted by atomic mass is 10.4. The van der Waals surface area contributed by atoms with Gasteiger partial charge in [0.25, 0.3) is 0 Å². The van der Waals surface area contributed by atoms with Crippen LogP contribution in [0.25, 0.3) is 0 Å². The van der Waals surface area contributed by atoms with E-state index < -0.39 is 34.5 Å². The molecule has 0 aromatic rings. The molecule has 4 nitrogen and oxygen atoms in total. The monoisotopic (exact) mass is 278 g/mol. The number of thiocarbonyl (C=S) groups is 1. The first-order valence-electron chi connectivity index (χ1n) is 4.30. The summed E-state index contributed by atoms with van der Waals surface area (Å²) in [5.41, 5.74) is 5.02. The van der Waals surface area contributed by atoms with Crippen molar-refractivity contribution in [3.8, 4) is 0 Å². The van der Waals surface area contributed by atoms with Crippen molar-refractivity contribution in [2.24, 2.45) is 5.73 Å². The summed E-state index contributed by atoms with van der Waals surface area (Å²) in [4.78, 5) is -0.354. The van der Waals surface area contributed by atoms with Crippen LogP contribution in [0.3, 0.4) is 0 Å². The summed E-state index contributed by atoms with van der Waals surface area (Å²) in [5, 5.41) is 0. The number of nitrogens with two attached hydrogens (primary N) is 1. The lowest BCUT2D eigenvalue weighted by Crippen LogP contribution is -2.45. The number of hydrogen-bond acceptors (Lipinski definition) is 3. The number of nitrogens with zero attached hydrogens (tertiary/aromatic N) is 1. The molecule has 0 saturated carbocycles. The van der Waals surface area contributed by atoms with Crippen LogP contribution in [0.1, 0.15) is 13.8 Å². The standard InChI is InChI=1S/C7H13F3N2O2S2/c1-5(2)12(4-7(8,9)10)16(13,14)3-6(11)15/h5H,3-4H2,1-2H3,(H2,11,15).